The molecule has 57 heavy (non-hydrogen) atoms. The number of benzene rings is 2. The minimum atomic E-state index is -0.685. The van der Waals surface area contributed by atoms with Crippen molar-refractivity contribution in [2.45, 2.75) is 84.0 Å². The lowest BCUT2D eigenvalue weighted by Gasteiger charge is -2.30. The van der Waals surface area contributed by atoms with Gasteiger partial charge < -0.3 is 34.9 Å². The van der Waals surface area contributed by atoms with Gasteiger partial charge in [-0.15, -0.1) is 11.3 Å². The van der Waals surface area contributed by atoms with E-state index in [2.05, 4.69) is 64.1 Å². The Morgan fingerprint density at radius 2 is 1.28 bits per heavy atom. The van der Waals surface area contributed by atoms with Crippen LogP contribution in [0.3, 0.4) is 0 Å². The topological polar surface area (TPSA) is 159 Å². The number of carbonyl (C=O) groups excluding carboxylic acids is 4. The molecule has 5 atom stereocenters. The molecule has 4 amide bonds. The zero-order valence-electron chi connectivity index (χ0n) is 33.5. The molecule has 2 aromatic carbocycles. The minimum absolute atomic E-state index is 0.0908. The minimum Gasteiger partial charge on any atom is -0.453 e. The standard InChI is InChI=1S/C43H53N7O6S/c1-24(2)36(47-42(53)55-5)40(51)49-19-7-8-33(49)39-45-22-35(57-39)30-17-13-27(14-18-30)26-11-15-29(16-12-26)32-21-44-38(46-32)34-20-31(28-9-10-28)23-50(34)41(52)37(25(3)4)48-43(54)56-6/h11-18,21-22,24-25,28,31,33-34,36-37H,7-10,19-20,23H2,1-6H3,(H,44,46)(H,47,53)(H,48,54)/t31-,33-,34-,36-,37-/m0/s1. The molecule has 4 heterocycles. The molecule has 2 saturated heterocycles. The van der Waals surface area contributed by atoms with Crippen LogP contribution in [0.25, 0.3) is 32.8 Å². The van der Waals surface area contributed by atoms with E-state index in [1.165, 1.54) is 27.1 Å². The fraction of sp³-hybridized carbons (Fsp3) is 0.488. The number of methoxy groups -OCH3 is 2. The molecule has 302 valence electrons. The van der Waals surface area contributed by atoms with Crippen LogP contribution in [0, 0.1) is 23.7 Å². The van der Waals surface area contributed by atoms with E-state index in [1.54, 1.807) is 11.3 Å². The Morgan fingerprint density at radius 3 is 1.84 bits per heavy atom. The van der Waals surface area contributed by atoms with Gasteiger partial charge in [0.15, 0.2) is 0 Å². The van der Waals surface area contributed by atoms with Crippen LogP contribution in [0.5, 0.6) is 0 Å². The Balaban J connectivity index is 1.02. The number of hydrogen-bond donors (Lipinski definition) is 3. The first kappa shape index (κ1) is 40.0. The number of rotatable bonds is 12. The van der Waals surface area contributed by atoms with E-state index in [-0.39, 0.29) is 35.7 Å². The Bertz CT molecular complexity index is 2060. The number of hydrogen-bond acceptors (Lipinski definition) is 9. The summed E-state index contributed by atoms with van der Waals surface area (Å²) < 4.78 is 9.59. The number of aromatic amines is 1. The summed E-state index contributed by atoms with van der Waals surface area (Å²) in [5.74, 6) is 1.40. The molecule has 1 saturated carbocycles. The molecular weight excluding hydrogens is 743 g/mol. The van der Waals surface area contributed by atoms with Crippen molar-refractivity contribution in [1.82, 2.24) is 35.4 Å². The van der Waals surface area contributed by atoms with Gasteiger partial charge >= 0.3 is 12.2 Å². The molecule has 13 nitrogen and oxygen atoms in total. The van der Waals surface area contributed by atoms with Gasteiger partial charge in [0.2, 0.25) is 11.8 Å². The molecule has 1 aliphatic carbocycles. The largest absolute Gasteiger partial charge is 0.453 e. The van der Waals surface area contributed by atoms with Crippen molar-refractivity contribution in [3.63, 3.8) is 0 Å². The molecule has 3 fully saturated rings. The van der Waals surface area contributed by atoms with E-state index in [4.69, 9.17) is 19.4 Å². The summed E-state index contributed by atoms with van der Waals surface area (Å²) in [4.78, 5) is 69.4. The van der Waals surface area contributed by atoms with Crippen molar-refractivity contribution in [3.05, 3.63) is 71.8 Å². The number of amides is 4. The predicted octanol–water partition coefficient (Wildman–Crippen LogP) is 7.59. The first-order chi connectivity index (χ1) is 27.4. The average molecular weight is 796 g/mol. The van der Waals surface area contributed by atoms with Crippen molar-refractivity contribution >= 4 is 35.3 Å². The van der Waals surface area contributed by atoms with Gasteiger partial charge in [-0.2, -0.15) is 0 Å². The number of imidazole rings is 1. The van der Waals surface area contributed by atoms with Crippen LogP contribution in [0.2, 0.25) is 0 Å². The lowest BCUT2D eigenvalue weighted by atomic mass is 10.00. The summed E-state index contributed by atoms with van der Waals surface area (Å²) in [5.41, 5.74) is 5.08. The molecule has 14 heteroatoms. The Kier molecular flexibility index (Phi) is 12.0. The highest BCUT2D eigenvalue weighted by Gasteiger charge is 2.46. The van der Waals surface area contributed by atoms with E-state index in [0.29, 0.717) is 24.9 Å². The fourth-order valence-corrected chi connectivity index (χ4v) is 9.29. The third-order valence-corrected chi connectivity index (χ3v) is 12.8. The normalized spacial score (nSPS) is 20.5. The zero-order chi connectivity index (χ0) is 40.4. The van der Waals surface area contributed by atoms with Crippen molar-refractivity contribution in [1.29, 1.82) is 0 Å². The maximum atomic E-state index is 13.9. The smallest absolute Gasteiger partial charge is 0.407 e. The molecular formula is C43H53N7O6S. The summed E-state index contributed by atoms with van der Waals surface area (Å²) in [7, 11) is 2.60. The second kappa shape index (κ2) is 17.1. The van der Waals surface area contributed by atoms with E-state index in [0.717, 1.165) is 62.9 Å². The molecule has 0 spiro atoms. The summed E-state index contributed by atoms with van der Waals surface area (Å²) in [6.07, 6.45) is 7.43. The van der Waals surface area contributed by atoms with Gasteiger partial charge in [0.05, 0.1) is 43.1 Å². The Labute approximate surface area is 337 Å². The van der Waals surface area contributed by atoms with Crippen LogP contribution in [0.15, 0.2) is 60.9 Å². The van der Waals surface area contributed by atoms with Gasteiger partial charge in [-0.25, -0.2) is 19.6 Å². The summed E-state index contributed by atoms with van der Waals surface area (Å²) >= 11 is 1.60. The Morgan fingerprint density at radius 1 is 0.719 bits per heavy atom. The zero-order valence-corrected chi connectivity index (χ0v) is 34.3. The number of carbonyl (C=O) groups is 4. The second-order valence-electron chi connectivity index (χ2n) is 16.1. The van der Waals surface area contributed by atoms with Gasteiger partial charge in [-0.1, -0.05) is 76.2 Å². The lowest BCUT2D eigenvalue weighted by molar-refractivity contribution is -0.136. The van der Waals surface area contributed by atoms with Gasteiger partial charge in [-0.05, 0) is 78.0 Å². The molecule has 3 aliphatic rings. The third-order valence-electron chi connectivity index (χ3n) is 11.6. The first-order valence-electron chi connectivity index (χ1n) is 20.0. The van der Waals surface area contributed by atoms with Gasteiger partial charge in [0.1, 0.15) is 22.9 Å². The van der Waals surface area contributed by atoms with Crippen molar-refractivity contribution in [2.75, 3.05) is 27.3 Å². The molecule has 7 rings (SSSR count). The van der Waals surface area contributed by atoms with Gasteiger partial charge in [0.25, 0.3) is 0 Å². The van der Waals surface area contributed by atoms with Crippen molar-refractivity contribution in [3.8, 4) is 32.8 Å². The van der Waals surface area contributed by atoms with Crippen LogP contribution >= 0.6 is 11.3 Å². The summed E-state index contributed by atoms with van der Waals surface area (Å²) in [5, 5.41) is 6.36. The molecule has 2 aromatic heterocycles. The number of alkyl carbamates (subject to hydrolysis) is 2. The number of thiazole rings is 1. The van der Waals surface area contributed by atoms with E-state index >= 15 is 0 Å². The van der Waals surface area contributed by atoms with Crippen LogP contribution in [0.4, 0.5) is 9.59 Å². The molecule has 2 aliphatic heterocycles. The van der Waals surface area contributed by atoms with E-state index < -0.39 is 24.3 Å². The number of nitrogens with one attached hydrogen (secondary N) is 3. The van der Waals surface area contributed by atoms with Crippen LogP contribution in [-0.2, 0) is 19.1 Å². The number of H-pyrrole nitrogens is 1. The molecule has 3 N–H and O–H groups in total. The first-order valence-corrected chi connectivity index (χ1v) is 20.8. The molecule has 4 aromatic rings. The highest BCUT2D eigenvalue weighted by molar-refractivity contribution is 7.15. The maximum Gasteiger partial charge on any atom is 0.407 e. The van der Waals surface area contributed by atoms with E-state index in [9.17, 15) is 19.2 Å². The molecule has 0 unspecified atom stereocenters. The van der Waals surface area contributed by atoms with Crippen molar-refractivity contribution in [2.24, 2.45) is 23.7 Å². The average Bonchev–Trinajstić information content (AvgIpc) is 3.65. The molecule has 0 bridgehead atoms. The number of aromatic nitrogens is 3. The highest BCUT2D eigenvalue weighted by atomic mass is 32.1. The second-order valence-corrected chi connectivity index (χ2v) is 17.2. The van der Waals surface area contributed by atoms with Crippen molar-refractivity contribution < 1.29 is 28.7 Å². The quantitative estimate of drug-likeness (QED) is 0.132. The van der Waals surface area contributed by atoms with Gasteiger partial charge in [-0.3, -0.25) is 9.59 Å². The summed E-state index contributed by atoms with van der Waals surface area (Å²) in [6.45, 7) is 8.96. The van der Waals surface area contributed by atoms with E-state index in [1.807, 2.05) is 49.9 Å². The van der Waals surface area contributed by atoms with Gasteiger partial charge in [0, 0.05) is 19.3 Å². The fourth-order valence-electron chi connectivity index (χ4n) is 8.22. The van der Waals surface area contributed by atoms with Crippen LogP contribution < -0.4 is 10.6 Å². The predicted molar refractivity (Wildman–Crippen MR) is 218 cm³/mol. The third kappa shape index (κ3) is 8.70. The number of ether oxygens (including phenoxy) is 2. The van der Waals surface area contributed by atoms with Crippen LogP contribution in [-0.4, -0.2) is 88.1 Å². The summed E-state index contributed by atoms with van der Waals surface area (Å²) in [6, 6.07) is 15.1. The monoisotopic (exact) mass is 795 g/mol. The SMILES string of the molecule is COC(=O)N[C@H](C(=O)N1C[C@@H](C2CC2)C[C@H]1c1ncc(-c2ccc(-c3ccc(-c4cnc([C@@H]5CCCN5C(=O)[C@@H](NC(=O)OC)C(C)C)s4)cc3)cc2)[nH]1)C(C)C. The maximum absolute atomic E-state index is 13.9. The molecule has 0 radical (unpaired) electrons. The highest BCUT2D eigenvalue weighted by Crippen LogP contribution is 2.47. The lowest BCUT2D eigenvalue weighted by Crippen LogP contribution is -2.51. The Hall–Kier alpha value is -5.24. The number of nitrogens with zero attached hydrogens (tertiary/aromatic N) is 4. The van der Waals surface area contributed by atoms with Crippen LogP contribution in [0.1, 0.15) is 82.7 Å². The number of likely N-dealkylation sites (tertiary alicyclic amines) is 2.